The second-order valence-corrected chi connectivity index (χ2v) is 6.68. The highest BCUT2D eigenvalue weighted by Crippen LogP contribution is 2.35. The third-order valence-corrected chi connectivity index (χ3v) is 5.40. The minimum Gasteiger partial charge on any atom is -0.497 e. The van der Waals surface area contributed by atoms with Crippen LogP contribution in [0.4, 0.5) is 0 Å². The van der Waals surface area contributed by atoms with E-state index in [1.807, 2.05) is 17.0 Å². The highest BCUT2D eigenvalue weighted by Gasteiger charge is 2.29. The molecule has 0 spiro atoms. The number of aryl methyl sites for hydroxylation is 1. The van der Waals surface area contributed by atoms with Crippen molar-refractivity contribution in [1.82, 2.24) is 20.0 Å². The highest BCUT2D eigenvalue weighted by atomic mass is 16.5. The molecule has 6 heteroatoms. The van der Waals surface area contributed by atoms with Crippen molar-refractivity contribution in [3.05, 3.63) is 35.0 Å². The van der Waals surface area contributed by atoms with Gasteiger partial charge in [-0.3, -0.25) is 9.89 Å². The van der Waals surface area contributed by atoms with Gasteiger partial charge in [0.05, 0.1) is 12.8 Å². The summed E-state index contributed by atoms with van der Waals surface area (Å²) in [6.07, 6.45) is 1.74. The molecule has 1 aromatic heterocycles. The number of likely N-dealkylation sites (N-methyl/N-ethyl adjacent to an activating group) is 1. The third-order valence-electron chi connectivity index (χ3n) is 5.40. The van der Waals surface area contributed by atoms with Crippen LogP contribution < -0.4 is 4.74 Å². The topological polar surface area (TPSA) is 61.5 Å². The van der Waals surface area contributed by atoms with E-state index in [0.29, 0.717) is 5.69 Å². The standard InChI is InChI=1S/C19H24N4O2/c1-3-22-8-10-23(11-9-22)19(24)18-16-6-4-13-12-14(25-2)5-7-15(13)17(16)20-21-18/h5,7,12H,3-4,6,8-11H2,1-2H3,(H,20,21). The first-order valence-electron chi connectivity index (χ1n) is 8.97. The molecule has 0 bridgehead atoms. The lowest BCUT2D eigenvalue weighted by Crippen LogP contribution is -2.48. The number of methoxy groups -OCH3 is 1. The molecule has 2 aliphatic rings. The molecule has 1 fully saturated rings. The van der Waals surface area contributed by atoms with Gasteiger partial charge < -0.3 is 14.5 Å². The van der Waals surface area contributed by atoms with E-state index in [9.17, 15) is 4.79 Å². The Morgan fingerprint density at radius 1 is 1.24 bits per heavy atom. The van der Waals surface area contributed by atoms with Crippen LogP contribution in [0.15, 0.2) is 18.2 Å². The number of rotatable bonds is 3. The van der Waals surface area contributed by atoms with E-state index in [0.717, 1.165) is 68.1 Å². The Kier molecular flexibility index (Phi) is 4.21. The number of amides is 1. The van der Waals surface area contributed by atoms with E-state index in [4.69, 9.17) is 4.74 Å². The molecule has 2 heterocycles. The van der Waals surface area contributed by atoms with Crippen molar-refractivity contribution in [2.45, 2.75) is 19.8 Å². The monoisotopic (exact) mass is 340 g/mol. The molecular weight excluding hydrogens is 316 g/mol. The first-order valence-corrected chi connectivity index (χ1v) is 8.97. The van der Waals surface area contributed by atoms with Crippen molar-refractivity contribution in [1.29, 1.82) is 0 Å². The number of benzene rings is 1. The number of carbonyl (C=O) groups excluding carboxylic acids is 1. The fraction of sp³-hybridized carbons (Fsp3) is 0.474. The molecule has 1 aliphatic heterocycles. The van der Waals surface area contributed by atoms with Crippen LogP contribution in [0.3, 0.4) is 0 Å². The predicted molar refractivity (Wildman–Crippen MR) is 96.0 cm³/mol. The van der Waals surface area contributed by atoms with E-state index in [1.165, 1.54) is 5.56 Å². The number of nitrogens with one attached hydrogen (secondary N) is 1. The van der Waals surface area contributed by atoms with E-state index in [-0.39, 0.29) is 5.91 Å². The SMILES string of the molecule is CCN1CCN(C(=O)c2[nH]nc3c2CCc2cc(OC)ccc2-3)CC1. The second kappa shape index (κ2) is 6.52. The molecule has 1 saturated heterocycles. The molecule has 0 unspecified atom stereocenters. The smallest absolute Gasteiger partial charge is 0.272 e. The first-order chi connectivity index (χ1) is 12.2. The van der Waals surface area contributed by atoms with Gasteiger partial charge >= 0.3 is 0 Å². The van der Waals surface area contributed by atoms with Gasteiger partial charge in [-0.1, -0.05) is 6.92 Å². The minimum atomic E-state index is 0.0847. The lowest BCUT2D eigenvalue weighted by molar-refractivity contribution is 0.0636. The van der Waals surface area contributed by atoms with Gasteiger partial charge in [0.1, 0.15) is 11.4 Å². The number of ether oxygens (including phenoxy) is 1. The average Bonchev–Trinajstić information content (AvgIpc) is 3.11. The minimum absolute atomic E-state index is 0.0847. The van der Waals surface area contributed by atoms with Gasteiger partial charge in [-0.05, 0) is 43.1 Å². The molecule has 2 aromatic rings. The van der Waals surface area contributed by atoms with E-state index in [2.05, 4.69) is 28.1 Å². The molecule has 1 N–H and O–H groups in total. The van der Waals surface area contributed by atoms with Crippen LogP contribution in [0.5, 0.6) is 5.75 Å². The molecule has 0 radical (unpaired) electrons. The van der Waals surface area contributed by atoms with Crippen LogP contribution in [0, 0.1) is 0 Å². The summed E-state index contributed by atoms with van der Waals surface area (Å²) in [5, 5.41) is 7.50. The highest BCUT2D eigenvalue weighted by molar-refractivity contribution is 5.96. The van der Waals surface area contributed by atoms with Crippen LogP contribution in [0.1, 0.15) is 28.5 Å². The van der Waals surface area contributed by atoms with E-state index in [1.54, 1.807) is 7.11 Å². The Hall–Kier alpha value is -2.34. The molecule has 1 amide bonds. The number of H-pyrrole nitrogens is 1. The number of hydrogen-bond donors (Lipinski definition) is 1. The largest absolute Gasteiger partial charge is 0.497 e. The van der Waals surface area contributed by atoms with Gasteiger partial charge in [0, 0.05) is 37.3 Å². The van der Waals surface area contributed by atoms with Crippen LogP contribution in [0.2, 0.25) is 0 Å². The normalized spacial score (nSPS) is 17.1. The maximum absolute atomic E-state index is 13.0. The van der Waals surface area contributed by atoms with Gasteiger partial charge in [0.25, 0.3) is 5.91 Å². The van der Waals surface area contributed by atoms with Gasteiger partial charge in [0.2, 0.25) is 0 Å². The number of nitrogens with zero attached hydrogens (tertiary/aromatic N) is 3. The van der Waals surface area contributed by atoms with Crippen molar-refractivity contribution in [3.8, 4) is 17.0 Å². The number of hydrogen-bond acceptors (Lipinski definition) is 4. The van der Waals surface area contributed by atoms with Gasteiger partial charge in [-0.25, -0.2) is 0 Å². The molecule has 0 atom stereocenters. The number of fused-ring (bicyclic) bond motifs is 3. The summed E-state index contributed by atoms with van der Waals surface area (Å²) < 4.78 is 5.32. The molecule has 1 aliphatic carbocycles. The summed E-state index contributed by atoms with van der Waals surface area (Å²) in [6.45, 7) is 6.67. The zero-order chi connectivity index (χ0) is 17.4. The maximum atomic E-state index is 13.0. The molecule has 0 saturated carbocycles. The van der Waals surface area contributed by atoms with Gasteiger partial charge in [0.15, 0.2) is 0 Å². The first kappa shape index (κ1) is 16.1. The Labute approximate surface area is 147 Å². The summed E-state index contributed by atoms with van der Waals surface area (Å²) in [6, 6.07) is 6.06. The number of piperazine rings is 1. The fourth-order valence-electron chi connectivity index (χ4n) is 3.83. The van der Waals surface area contributed by atoms with E-state index < -0.39 is 0 Å². The zero-order valence-electron chi connectivity index (χ0n) is 14.8. The van der Waals surface area contributed by atoms with Crippen LogP contribution in [-0.4, -0.2) is 65.7 Å². The van der Waals surface area contributed by atoms with Crippen molar-refractivity contribution >= 4 is 5.91 Å². The molecule has 6 nitrogen and oxygen atoms in total. The van der Waals surface area contributed by atoms with Crippen molar-refractivity contribution < 1.29 is 9.53 Å². The lowest BCUT2D eigenvalue weighted by atomic mass is 9.88. The van der Waals surface area contributed by atoms with Gasteiger partial charge in [-0.15, -0.1) is 0 Å². The fourth-order valence-corrected chi connectivity index (χ4v) is 3.83. The molecule has 4 rings (SSSR count). The quantitative estimate of drug-likeness (QED) is 0.928. The van der Waals surface area contributed by atoms with Crippen LogP contribution >= 0.6 is 0 Å². The van der Waals surface area contributed by atoms with Crippen LogP contribution in [-0.2, 0) is 12.8 Å². The van der Waals surface area contributed by atoms with Gasteiger partial charge in [-0.2, -0.15) is 5.10 Å². The van der Waals surface area contributed by atoms with Crippen molar-refractivity contribution in [3.63, 3.8) is 0 Å². The second-order valence-electron chi connectivity index (χ2n) is 6.68. The average molecular weight is 340 g/mol. The Balaban J connectivity index is 1.60. The summed E-state index contributed by atoms with van der Waals surface area (Å²) in [4.78, 5) is 17.3. The Morgan fingerprint density at radius 3 is 2.76 bits per heavy atom. The van der Waals surface area contributed by atoms with Crippen molar-refractivity contribution in [2.24, 2.45) is 0 Å². The number of aromatic nitrogens is 2. The molecular formula is C19H24N4O2. The zero-order valence-corrected chi connectivity index (χ0v) is 14.8. The Morgan fingerprint density at radius 2 is 2.04 bits per heavy atom. The summed E-state index contributed by atoms with van der Waals surface area (Å²) >= 11 is 0. The summed E-state index contributed by atoms with van der Waals surface area (Å²) in [7, 11) is 1.68. The maximum Gasteiger partial charge on any atom is 0.272 e. The van der Waals surface area contributed by atoms with E-state index >= 15 is 0 Å². The summed E-state index contributed by atoms with van der Waals surface area (Å²) in [5.74, 6) is 0.948. The molecule has 132 valence electrons. The summed E-state index contributed by atoms with van der Waals surface area (Å²) in [5.41, 5.74) is 4.98. The predicted octanol–water partition coefficient (Wildman–Crippen LogP) is 1.96. The van der Waals surface area contributed by atoms with Crippen molar-refractivity contribution in [2.75, 3.05) is 39.8 Å². The molecule has 1 aromatic carbocycles. The number of aromatic amines is 1. The molecule has 25 heavy (non-hydrogen) atoms. The lowest BCUT2D eigenvalue weighted by Gasteiger charge is -2.34. The Bertz CT molecular complexity index is 791. The third kappa shape index (κ3) is 2.80. The van der Waals surface area contributed by atoms with Crippen LogP contribution in [0.25, 0.3) is 11.3 Å². The number of carbonyl (C=O) groups is 1.